The standard InChI is InChI=1S/C16H18N4O.HI/c17-16(19-11-12-4-3-8-18-10-12)20-14-7-9-21-15-6-2-1-5-13(14)15;/h1-6,8,10,14H,7,9,11H2,(H3,17,19,20);1H. The molecule has 1 aliphatic rings. The zero-order valence-electron chi connectivity index (χ0n) is 12.1. The molecule has 0 aliphatic carbocycles. The second-order valence-electron chi connectivity index (χ2n) is 4.93. The van der Waals surface area contributed by atoms with E-state index in [0.717, 1.165) is 23.3 Å². The first-order valence-electron chi connectivity index (χ1n) is 7.00. The Bertz CT molecular complexity index is 633. The Morgan fingerprint density at radius 3 is 3.00 bits per heavy atom. The van der Waals surface area contributed by atoms with Crippen LogP contribution in [0.1, 0.15) is 23.6 Å². The molecule has 116 valence electrons. The fourth-order valence-corrected chi connectivity index (χ4v) is 2.38. The maximum atomic E-state index is 5.99. The van der Waals surface area contributed by atoms with Crippen molar-refractivity contribution in [3.8, 4) is 5.75 Å². The van der Waals surface area contributed by atoms with Gasteiger partial charge in [-0.2, -0.15) is 0 Å². The molecule has 0 saturated carbocycles. The van der Waals surface area contributed by atoms with Crippen molar-refractivity contribution in [2.24, 2.45) is 10.7 Å². The Hall–Kier alpha value is -1.83. The summed E-state index contributed by atoms with van der Waals surface area (Å²) in [5, 5.41) is 3.27. The number of aliphatic imine (C=N–C) groups is 1. The Kier molecular flexibility index (Phi) is 6.00. The van der Waals surface area contributed by atoms with Gasteiger partial charge in [-0.05, 0) is 17.7 Å². The van der Waals surface area contributed by atoms with Crippen LogP contribution >= 0.6 is 24.0 Å². The lowest BCUT2D eigenvalue weighted by Crippen LogP contribution is -2.37. The molecule has 2 heterocycles. The zero-order valence-corrected chi connectivity index (χ0v) is 14.4. The number of nitrogens with two attached hydrogens (primary N) is 1. The van der Waals surface area contributed by atoms with E-state index in [1.54, 1.807) is 12.4 Å². The van der Waals surface area contributed by atoms with Crippen molar-refractivity contribution in [2.45, 2.75) is 19.0 Å². The number of guanidine groups is 1. The summed E-state index contributed by atoms with van der Waals surface area (Å²) in [6.07, 6.45) is 4.41. The molecule has 1 atom stereocenters. The molecule has 6 heteroatoms. The molecule has 0 radical (unpaired) electrons. The summed E-state index contributed by atoms with van der Waals surface area (Å²) >= 11 is 0. The van der Waals surface area contributed by atoms with E-state index in [0.29, 0.717) is 19.1 Å². The number of para-hydroxylation sites is 1. The lowest BCUT2D eigenvalue weighted by Gasteiger charge is -2.26. The minimum absolute atomic E-state index is 0. The molecule has 5 nitrogen and oxygen atoms in total. The molecule has 22 heavy (non-hydrogen) atoms. The maximum Gasteiger partial charge on any atom is 0.189 e. The predicted octanol–water partition coefficient (Wildman–Crippen LogP) is 2.63. The summed E-state index contributed by atoms with van der Waals surface area (Å²) in [6, 6.07) is 12.0. The van der Waals surface area contributed by atoms with Crippen LogP contribution in [0.15, 0.2) is 53.8 Å². The molecule has 0 saturated heterocycles. The number of benzene rings is 1. The first-order valence-corrected chi connectivity index (χ1v) is 7.00. The van der Waals surface area contributed by atoms with Crippen LogP contribution in [0.4, 0.5) is 0 Å². The highest BCUT2D eigenvalue weighted by atomic mass is 127. The van der Waals surface area contributed by atoms with E-state index in [-0.39, 0.29) is 30.0 Å². The first-order chi connectivity index (χ1) is 10.3. The molecule has 0 fully saturated rings. The minimum Gasteiger partial charge on any atom is -0.493 e. The normalized spacial score (nSPS) is 16.9. The molecule has 1 unspecified atom stereocenters. The van der Waals surface area contributed by atoms with Crippen molar-refractivity contribution in [1.29, 1.82) is 0 Å². The van der Waals surface area contributed by atoms with Crippen molar-refractivity contribution in [2.75, 3.05) is 6.61 Å². The summed E-state index contributed by atoms with van der Waals surface area (Å²) in [6.45, 7) is 1.21. The number of hydrogen-bond donors (Lipinski definition) is 2. The smallest absolute Gasteiger partial charge is 0.189 e. The number of hydrogen-bond acceptors (Lipinski definition) is 3. The van der Waals surface area contributed by atoms with Gasteiger partial charge in [0.2, 0.25) is 0 Å². The van der Waals surface area contributed by atoms with Gasteiger partial charge in [-0.25, -0.2) is 4.99 Å². The highest BCUT2D eigenvalue weighted by molar-refractivity contribution is 14.0. The number of rotatable bonds is 3. The molecular formula is C16H19IN4O. The molecule has 0 spiro atoms. The number of nitrogens with one attached hydrogen (secondary N) is 1. The molecule has 2 aromatic rings. The van der Waals surface area contributed by atoms with Crippen LogP contribution < -0.4 is 15.8 Å². The molecule has 0 amide bonds. The molecule has 1 aromatic carbocycles. The van der Waals surface area contributed by atoms with Gasteiger partial charge >= 0.3 is 0 Å². The number of aromatic nitrogens is 1. The van der Waals surface area contributed by atoms with E-state index in [9.17, 15) is 0 Å². The number of fused-ring (bicyclic) bond motifs is 1. The van der Waals surface area contributed by atoms with E-state index in [1.807, 2.05) is 30.3 Å². The Morgan fingerprint density at radius 2 is 2.18 bits per heavy atom. The highest BCUT2D eigenvalue weighted by Gasteiger charge is 2.21. The van der Waals surface area contributed by atoms with Crippen molar-refractivity contribution in [3.63, 3.8) is 0 Å². The van der Waals surface area contributed by atoms with Gasteiger partial charge in [0.15, 0.2) is 5.96 Å². The van der Waals surface area contributed by atoms with Crippen molar-refractivity contribution >= 4 is 29.9 Å². The van der Waals surface area contributed by atoms with Crippen LogP contribution in [-0.2, 0) is 6.54 Å². The summed E-state index contributed by atoms with van der Waals surface area (Å²) in [7, 11) is 0. The average molecular weight is 410 g/mol. The lowest BCUT2D eigenvalue weighted by molar-refractivity contribution is 0.262. The van der Waals surface area contributed by atoms with Crippen molar-refractivity contribution < 1.29 is 4.74 Å². The quantitative estimate of drug-likeness (QED) is 0.464. The molecule has 0 bridgehead atoms. The second-order valence-corrected chi connectivity index (χ2v) is 4.93. The number of nitrogens with zero attached hydrogens (tertiary/aromatic N) is 2. The van der Waals surface area contributed by atoms with Crippen LogP contribution in [0.5, 0.6) is 5.75 Å². The van der Waals surface area contributed by atoms with Gasteiger partial charge in [0.1, 0.15) is 5.75 Å². The maximum absolute atomic E-state index is 5.99. The number of ether oxygens (including phenoxy) is 1. The van der Waals surface area contributed by atoms with Crippen LogP contribution in [0, 0.1) is 0 Å². The SMILES string of the molecule is I.NC(=NCc1cccnc1)NC1CCOc2ccccc21. The molecule has 1 aliphatic heterocycles. The second kappa shape index (κ2) is 7.98. The first kappa shape index (κ1) is 16.5. The van der Waals surface area contributed by atoms with Gasteiger partial charge in [0, 0.05) is 24.4 Å². The number of halogens is 1. The largest absolute Gasteiger partial charge is 0.493 e. The number of pyridine rings is 1. The fraction of sp³-hybridized carbons (Fsp3) is 0.250. The molecule has 3 N–H and O–H groups in total. The van der Waals surface area contributed by atoms with Crippen LogP contribution in [0.25, 0.3) is 0 Å². The van der Waals surface area contributed by atoms with E-state index in [4.69, 9.17) is 10.5 Å². The van der Waals surface area contributed by atoms with Crippen molar-refractivity contribution in [3.05, 3.63) is 59.9 Å². The third-order valence-corrected chi connectivity index (χ3v) is 3.44. The summed E-state index contributed by atoms with van der Waals surface area (Å²) in [4.78, 5) is 8.42. The van der Waals surface area contributed by atoms with Crippen LogP contribution in [0.2, 0.25) is 0 Å². The third kappa shape index (κ3) is 4.09. The summed E-state index contributed by atoms with van der Waals surface area (Å²) in [5.74, 6) is 1.36. The van der Waals surface area contributed by atoms with E-state index in [1.165, 1.54) is 0 Å². The third-order valence-electron chi connectivity index (χ3n) is 3.44. The van der Waals surface area contributed by atoms with Gasteiger partial charge < -0.3 is 15.8 Å². The Balaban J connectivity index is 0.00000176. The van der Waals surface area contributed by atoms with Gasteiger partial charge in [0.25, 0.3) is 0 Å². The van der Waals surface area contributed by atoms with E-state index in [2.05, 4.69) is 21.4 Å². The van der Waals surface area contributed by atoms with Gasteiger partial charge in [-0.1, -0.05) is 24.3 Å². The monoisotopic (exact) mass is 410 g/mol. The van der Waals surface area contributed by atoms with Gasteiger partial charge in [-0.3, -0.25) is 4.98 Å². The Morgan fingerprint density at radius 1 is 1.32 bits per heavy atom. The van der Waals surface area contributed by atoms with E-state index >= 15 is 0 Å². The molecular weight excluding hydrogens is 391 g/mol. The predicted molar refractivity (Wildman–Crippen MR) is 97.4 cm³/mol. The molecule has 1 aromatic heterocycles. The molecule has 3 rings (SSSR count). The average Bonchev–Trinajstić information content (AvgIpc) is 2.54. The fourth-order valence-electron chi connectivity index (χ4n) is 2.38. The topological polar surface area (TPSA) is 72.5 Å². The van der Waals surface area contributed by atoms with Crippen LogP contribution in [0.3, 0.4) is 0 Å². The lowest BCUT2D eigenvalue weighted by atomic mass is 10.0. The highest BCUT2D eigenvalue weighted by Crippen LogP contribution is 2.31. The van der Waals surface area contributed by atoms with E-state index < -0.39 is 0 Å². The minimum atomic E-state index is 0. The summed E-state index contributed by atoms with van der Waals surface area (Å²) in [5.41, 5.74) is 8.15. The van der Waals surface area contributed by atoms with Crippen molar-refractivity contribution in [1.82, 2.24) is 10.3 Å². The van der Waals surface area contributed by atoms with Crippen LogP contribution in [-0.4, -0.2) is 17.6 Å². The zero-order chi connectivity index (χ0) is 14.5. The summed E-state index contributed by atoms with van der Waals surface area (Å²) < 4.78 is 5.64. The Labute approximate surface area is 147 Å². The van der Waals surface area contributed by atoms with Gasteiger partial charge in [0.05, 0.1) is 19.2 Å². The van der Waals surface area contributed by atoms with Gasteiger partial charge in [-0.15, -0.1) is 24.0 Å².